The highest BCUT2D eigenvalue weighted by Gasteiger charge is 2.37. The summed E-state index contributed by atoms with van der Waals surface area (Å²) in [5.41, 5.74) is -0.271. The number of hydrogen-bond donors (Lipinski definition) is 1. The number of pyridine rings is 1. The fourth-order valence-electron chi connectivity index (χ4n) is 3.39. The Morgan fingerprint density at radius 2 is 2.03 bits per heavy atom. The van der Waals surface area contributed by atoms with Gasteiger partial charge in [-0.3, -0.25) is 19.3 Å². The van der Waals surface area contributed by atoms with Gasteiger partial charge < -0.3 is 10.2 Å². The Morgan fingerprint density at radius 1 is 1.26 bits per heavy atom. The molecule has 1 aliphatic rings. The SMILES string of the molecule is CC1CN(c2ccc(C(F)(F)F)c(Cl)c2)C(=O)c2c(C(=O)Nc3cccnc3)cnn21. The molecule has 4 rings (SSSR count). The number of nitrogens with zero attached hydrogens (tertiary/aromatic N) is 4. The van der Waals surface area contributed by atoms with Crippen LogP contribution in [-0.2, 0) is 6.18 Å². The van der Waals surface area contributed by atoms with E-state index in [1.807, 2.05) is 0 Å². The first-order chi connectivity index (χ1) is 14.7. The second kappa shape index (κ2) is 7.69. The van der Waals surface area contributed by atoms with Crippen molar-refractivity contribution in [3.05, 3.63) is 70.8 Å². The van der Waals surface area contributed by atoms with E-state index in [1.54, 1.807) is 25.3 Å². The highest BCUT2D eigenvalue weighted by atomic mass is 35.5. The van der Waals surface area contributed by atoms with Gasteiger partial charge in [-0.15, -0.1) is 0 Å². The molecule has 2 aromatic heterocycles. The quantitative estimate of drug-likeness (QED) is 0.641. The third-order valence-electron chi connectivity index (χ3n) is 4.84. The molecule has 0 radical (unpaired) electrons. The van der Waals surface area contributed by atoms with E-state index >= 15 is 0 Å². The van der Waals surface area contributed by atoms with Crippen LogP contribution in [0.4, 0.5) is 24.5 Å². The van der Waals surface area contributed by atoms with Crippen molar-refractivity contribution in [2.45, 2.75) is 19.1 Å². The monoisotopic (exact) mass is 449 g/mol. The molecule has 31 heavy (non-hydrogen) atoms. The van der Waals surface area contributed by atoms with Gasteiger partial charge in [0.05, 0.1) is 40.3 Å². The van der Waals surface area contributed by atoms with E-state index in [4.69, 9.17) is 11.6 Å². The number of alkyl halides is 3. The molecule has 2 amide bonds. The summed E-state index contributed by atoms with van der Waals surface area (Å²) >= 11 is 5.82. The smallest absolute Gasteiger partial charge is 0.320 e. The number of amides is 2. The molecule has 1 N–H and O–H groups in total. The van der Waals surface area contributed by atoms with Crippen LogP contribution in [0.3, 0.4) is 0 Å². The van der Waals surface area contributed by atoms with Gasteiger partial charge in [0.1, 0.15) is 5.69 Å². The molecule has 0 saturated heterocycles. The fourth-order valence-corrected chi connectivity index (χ4v) is 3.67. The maximum atomic E-state index is 13.2. The third-order valence-corrected chi connectivity index (χ3v) is 5.15. The zero-order chi connectivity index (χ0) is 22.3. The Balaban J connectivity index is 1.68. The molecule has 7 nitrogen and oxygen atoms in total. The van der Waals surface area contributed by atoms with Crippen molar-refractivity contribution in [3.63, 3.8) is 0 Å². The van der Waals surface area contributed by atoms with Crippen molar-refractivity contribution in [1.29, 1.82) is 0 Å². The third kappa shape index (κ3) is 3.86. The average Bonchev–Trinajstić information content (AvgIpc) is 3.17. The van der Waals surface area contributed by atoms with Crippen LogP contribution in [0.2, 0.25) is 5.02 Å². The fraction of sp³-hybridized carbons (Fsp3) is 0.200. The lowest BCUT2D eigenvalue weighted by atomic mass is 10.1. The van der Waals surface area contributed by atoms with Gasteiger partial charge in [0, 0.05) is 18.4 Å². The number of carbonyl (C=O) groups is 2. The van der Waals surface area contributed by atoms with Crippen molar-refractivity contribution in [2.75, 3.05) is 16.8 Å². The minimum absolute atomic E-state index is 0.0381. The topological polar surface area (TPSA) is 80.1 Å². The minimum Gasteiger partial charge on any atom is -0.320 e. The predicted octanol–water partition coefficient (Wildman–Crippen LogP) is 4.42. The number of carbonyl (C=O) groups excluding carboxylic acids is 2. The predicted molar refractivity (Wildman–Crippen MR) is 107 cm³/mol. The van der Waals surface area contributed by atoms with Gasteiger partial charge in [0.15, 0.2) is 0 Å². The van der Waals surface area contributed by atoms with E-state index in [1.165, 1.54) is 28.0 Å². The number of anilines is 2. The molecule has 3 heterocycles. The van der Waals surface area contributed by atoms with E-state index in [0.29, 0.717) is 5.69 Å². The van der Waals surface area contributed by atoms with Crippen LogP contribution in [0, 0.1) is 0 Å². The number of rotatable bonds is 3. The van der Waals surface area contributed by atoms with Gasteiger partial charge in [-0.05, 0) is 37.3 Å². The summed E-state index contributed by atoms with van der Waals surface area (Å²) in [7, 11) is 0. The number of halogens is 4. The molecule has 0 spiro atoms. The molecule has 3 aromatic rings. The molecule has 1 aliphatic heterocycles. The van der Waals surface area contributed by atoms with Crippen molar-refractivity contribution in [1.82, 2.24) is 14.8 Å². The first-order valence-corrected chi connectivity index (χ1v) is 9.52. The van der Waals surface area contributed by atoms with Crippen molar-refractivity contribution < 1.29 is 22.8 Å². The molecular formula is C20H15ClF3N5O2. The van der Waals surface area contributed by atoms with Gasteiger partial charge in [0.25, 0.3) is 11.8 Å². The minimum atomic E-state index is -4.61. The van der Waals surface area contributed by atoms with Gasteiger partial charge in [0.2, 0.25) is 0 Å². The Bertz CT molecular complexity index is 1160. The van der Waals surface area contributed by atoms with Gasteiger partial charge in [-0.25, -0.2) is 0 Å². The van der Waals surface area contributed by atoms with Crippen LogP contribution in [-0.4, -0.2) is 33.1 Å². The van der Waals surface area contributed by atoms with Crippen LogP contribution in [0.25, 0.3) is 0 Å². The van der Waals surface area contributed by atoms with Crippen LogP contribution < -0.4 is 10.2 Å². The summed E-state index contributed by atoms with van der Waals surface area (Å²) in [5, 5.41) is 6.29. The van der Waals surface area contributed by atoms with Gasteiger partial charge in [-0.2, -0.15) is 18.3 Å². The molecular weight excluding hydrogens is 435 g/mol. The van der Waals surface area contributed by atoms with Crippen LogP contribution in [0.15, 0.2) is 48.9 Å². The van der Waals surface area contributed by atoms with Gasteiger partial charge >= 0.3 is 6.18 Å². The molecule has 160 valence electrons. The van der Waals surface area contributed by atoms with E-state index < -0.39 is 28.6 Å². The van der Waals surface area contributed by atoms with E-state index in [9.17, 15) is 22.8 Å². The highest BCUT2D eigenvalue weighted by Crippen LogP contribution is 2.37. The average molecular weight is 450 g/mol. The Hall–Kier alpha value is -3.40. The molecule has 11 heteroatoms. The lowest BCUT2D eigenvalue weighted by Gasteiger charge is -2.32. The standard InChI is InChI=1S/C20H15ClF3N5O2/c1-11-10-28(13-4-5-15(16(21)7-13)20(22,23)24)19(31)17-14(9-26-29(11)17)18(30)27-12-3-2-6-25-8-12/h2-9,11H,10H2,1H3,(H,27,30). The second-order valence-corrected chi connectivity index (χ2v) is 7.38. The normalized spacial score (nSPS) is 16.2. The molecule has 0 saturated carbocycles. The first kappa shape index (κ1) is 20.9. The highest BCUT2D eigenvalue weighted by molar-refractivity contribution is 6.32. The lowest BCUT2D eigenvalue weighted by Crippen LogP contribution is -2.43. The number of hydrogen-bond acceptors (Lipinski definition) is 4. The molecule has 0 bridgehead atoms. The number of fused-ring (bicyclic) bond motifs is 1. The van der Waals surface area contributed by atoms with Crippen molar-refractivity contribution in [3.8, 4) is 0 Å². The summed E-state index contributed by atoms with van der Waals surface area (Å²) in [6.45, 7) is 1.93. The molecule has 1 aromatic carbocycles. The van der Waals surface area contributed by atoms with Crippen LogP contribution >= 0.6 is 11.6 Å². The largest absolute Gasteiger partial charge is 0.417 e. The zero-order valence-electron chi connectivity index (χ0n) is 16.0. The van der Waals surface area contributed by atoms with Crippen molar-refractivity contribution in [2.24, 2.45) is 0 Å². The summed E-state index contributed by atoms with van der Waals surface area (Å²) in [6, 6.07) is 6.07. The maximum absolute atomic E-state index is 13.2. The van der Waals surface area contributed by atoms with Crippen LogP contribution in [0.5, 0.6) is 0 Å². The van der Waals surface area contributed by atoms with E-state index in [-0.39, 0.29) is 29.5 Å². The number of benzene rings is 1. The van der Waals surface area contributed by atoms with Crippen LogP contribution in [0.1, 0.15) is 39.4 Å². The summed E-state index contributed by atoms with van der Waals surface area (Å²) in [4.78, 5) is 31.1. The van der Waals surface area contributed by atoms with Crippen molar-refractivity contribution >= 4 is 34.8 Å². The Kier molecular flexibility index (Phi) is 5.18. The summed E-state index contributed by atoms with van der Waals surface area (Å²) in [5.74, 6) is -1.12. The maximum Gasteiger partial charge on any atom is 0.417 e. The summed E-state index contributed by atoms with van der Waals surface area (Å²) < 4.78 is 40.5. The van der Waals surface area contributed by atoms with Gasteiger partial charge in [-0.1, -0.05) is 11.6 Å². The van der Waals surface area contributed by atoms with E-state index in [0.717, 1.165) is 12.1 Å². The molecule has 0 aliphatic carbocycles. The Labute approximate surface area is 179 Å². The summed E-state index contributed by atoms with van der Waals surface area (Å²) in [6.07, 6.45) is -0.311. The number of nitrogens with one attached hydrogen (secondary N) is 1. The Morgan fingerprint density at radius 3 is 2.68 bits per heavy atom. The zero-order valence-corrected chi connectivity index (χ0v) is 16.8. The first-order valence-electron chi connectivity index (χ1n) is 9.14. The number of aromatic nitrogens is 3. The molecule has 1 atom stereocenters. The molecule has 1 unspecified atom stereocenters. The van der Waals surface area contributed by atoms with E-state index in [2.05, 4.69) is 15.4 Å². The second-order valence-electron chi connectivity index (χ2n) is 6.97. The lowest BCUT2D eigenvalue weighted by molar-refractivity contribution is -0.137. The molecule has 0 fully saturated rings.